The van der Waals surface area contributed by atoms with Crippen LogP contribution in [-0.2, 0) is 18.4 Å². The van der Waals surface area contributed by atoms with Crippen molar-refractivity contribution in [2.45, 2.75) is 32.4 Å². The van der Waals surface area contributed by atoms with Crippen LogP contribution in [0.3, 0.4) is 0 Å². The molecule has 1 fully saturated rings. The number of aromatic nitrogens is 2. The van der Waals surface area contributed by atoms with E-state index in [0.717, 1.165) is 29.9 Å². The summed E-state index contributed by atoms with van der Waals surface area (Å²) in [5.41, 5.74) is 1.57. The maximum Gasteiger partial charge on any atom is 0.239 e. The average molecular weight is 252 g/mol. The van der Waals surface area contributed by atoms with Crippen molar-refractivity contribution in [3.8, 4) is 0 Å². The van der Waals surface area contributed by atoms with E-state index in [4.69, 9.17) is 0 Å². The van der Waals surface area contributed by atoms with Gasteiger partial charge in [-0.1, -0.05) is 0 Å². The second kappa shape index (κ2) is 4.97. The number of nitrogens with one attached hydrogen (secondary N) is 1. The van der Waals surface area contributed by atoms with E-state index in [1.54, 1.807) is 4.68 Å². The van der Waals surface area contributed by atoms with Crippen LogP contribution < -0.4 is 10.2 Å². The molecule has 0 saturated heterocycles. The highest BCUT2D eigenvalue weighted by atomic mass is 16.3. The summed E-state index contributed by atoms with van der Waals surface area (Å²) in [7, 11) is 3.65. The Morgan fingerprint density at radius 3 is 2.83 bits per heavy atom. The molecule has 0 unspecified atom stereocenters. The van der Waals surface area contributed by atoms with Gasteiger partial charge in [0.2, 0.25) is 5.91 Å². The number of likely N-dealkylation sites (N-methyl/N-ethyl adjacent to an activating group) is 1. The minimum atomic E-state index is -0.0659. The van der Waals surface area contributed by atoms with Gasteiger partial charge in [0, 0.05) is 25.7 Å². The molecule has 100 valence electrons. The lowest BCUT2D eigenvalue weighted by atomic mass is 10.2. The van der Waals surface area contributed by atoms with Gasteiger partial charge in [0.1, 0.15) is 5.82 Å². The van der Waals surface area contributed by atoms with E-state index in [0.29, 0.717) is 6.04 Å². The number of rotatable bonds is 5. The fourth-order valence-electron chi connectivity index (χ4n) is 2.14. The van der Waals surface area contributed by atoms with Crippen molar-refractivity contribution in [3.05, 3.63) is 11.3 Å². The lowest BCUT2D eigenvalue weighted by Crippen LogP contribution is -2.37. The molecule has 1 aliphatic carbocycles. The molecule has 2 rings (SSSR count). The van der Waals surface area contributed by atoms with E-state index >= 15 is 0 Å². The molecular formula is C12H20N4O2. The van der Waals surface area contributed by atoms with Gasteiger partial charge in [-0.3, -0.25) is 9.48 Å². The van der Waals surface area contributed by atoms with E-state index < -0.39 is 0 Å². The fourth-order valence-corrected chi connectivity index (χ4v) is 2.14. The highest BCUT2D eigenvalue weighted by Gasteiger charge is 2.24. The molecular weight excluding hydrogens is 232 g/mol. The van der Waals surface area contributed by atoms with Crippen LogP contribution in [0.2, 0.25) is 0 Å². The number of aryl methyl sites for hydroxylation is 2. The molecule has 6 nitrogen and oxygen atoms in total. The zero-order valence-electron chi connectivity index (χ0n) is 11.1. The second-order valence-electron chi connectivity index (χ2n) is 4.87. The van der Waals surface area contributed by atoms with Crippen molar-refractivity contribution in [2.24, 2.45) is 7.05 Å². The summed E-state index contributed by atoms with van der Waals surface area (Å²) in [6.07, 6.45) is 2.17. The Kier molecular flexibility index (Phi) is 3.56. The number of carbonyl (C=O) groups excluding carboxylic acids is 1. The van der Waals surface area contributed by atoms with E-state index in [9.17, 15) is 9.90 Å². The van der Waals surface area contributed by atoms with Crippen LogP contribution in [0.1, 0.15) is 24.1 Å². The number of amides is 1. The highest BCUT2D eigenvalue weighted by Crippen LogP contribution is 2.22. The first kappa shape index (κ1) is 12.9. The Balaban J connectivity index is 2.07. The topological polar surface area (TPSA) is 70.4 Å². The molecule has 1 aromatic heterocycles. The standard InChI is InChI=1S/C12H20N4O2/c1-8-10(7-17)12(16(3)14-8)15(2)6-11(18)13-9-4-5-9/h9,17H,4-7H2,1-3H3,(H,13,18). The van der Waals surface area contributed by atoms with Crippen molar-refractivity contribution in [2.75, 3.05) is 18.5 Å². The van der Waals surface area contributed by atoms with Gasteiger partial charge in [0.15, 0.2) is 0 Å². The first-order valence-electron chi connectivity index (χ1n) is 6.16. The molecule has 1 amide bonds. The van der Waals surface area contributed by atoms with E-state index in [1.165, 1.54) is 0 Å². The van der Waals surface area contributed by atoms with Gasteiger partial charge >= 0.3 is 0 Å². The third-order valence-electron chi connectivity index (χ3n) is 3.16. The SMILES string of the molecule is Cc1nn(C)c(N(C)CC(=O)NC2CC2)c1CO. The summed E-state index contributed by atoms with van der Waals surface area (Å²) in [6, 6.07) is 0.372. The lowest BCUT2D eigenvalue weighted by Gasteiger charge is -2.20. The van der Waals surface area contributed by atoms with Crippen LogP contribution in [0.4, 0.5) is 5.82 Å². The van der Waals surface area contributed by atoms with E-state index in [1.807, 2.05) is 25.9 Å². The fraction of sp³-hybridized carbons (Fsp3) is 0.667. The first-order valence-corrected chi connectivity index (χ1v) is 6.16. The molecule has 0 atom stereocenters. The van der Waals surface area contributed by atoms with E-state index in [-0.39, 0.29) is 19.1 Å². The number of hydrogen-bond donors (Lipinski definition) is 2. The van der Waals surface area contributed by atoms with Gasteiger partial charge in [-0.2, -0.15) is 5.10 Å². The average Bonchev–Trinajstić information content (AvgIpc) is 3.02. The van der Waals surface area contributed by atoms with Crippen LogP contribution in [-0.4, -0.2) is 40.4 Å². The van der Waals surface area contributed by atoms with Crippen LogP contribution in [0.15, 0.2) is 0 Å². The Bertz CT molecular complexity index is 451. The van der Waals surface area contributed by atoms with Crippen molar-refractivity contribution < 1.29 is 9.90 Å². The largest absolute Gasteiger partial charge is 0.391 e. The number of hydrogen-bond acceptors (Lipinski definition) is 4. The van der Waals surface area contributed by atoms with Crippen LogP contribution in [0.25, 0.3) is 0 Å². The highest BCUT2D eigenvalue weighted by molar-refractivity contribution is 5.81. The molecule has 0 bridgehead atoms. The number of nitrogens with zero attached hydrogens (tertiary/aromatic N) is 3. The summed E-state index contributed by atoms with van der Waals surface area (Å²) < 4.78 is 1.70. The van der Waals surface area contributed by atoms with Gasteiger partial charge in [-0.05, 0) is 19.8 Å². The lowest BCUT2D eigenvalue weighted by molar-refractivity contribution is -0.119. The minimum absolute atomic E-state index is 0.0164. The van der Waals surface area contributed by atoms with Gasteiger partial charge in [-0.15, -0.1) is 0 Å². The molecule has 1 aromatic rings. The third-order valence-corrected chi connectivity index (χ3v) is 3.16. The Morgan fingerprint density at radius 2 is 2.28 bits per heavy atom. The monoisotopic (exact) mass is 252 g/mol. The Morgan fingerprint density at radius 1 is 1.61 bits per heavy atom. The van der Waals surface area contributed by atoms with Gasteiger partial charge in [0.25, 0.3) is 0 Å². The number of aliphatic hydroxyl groups is 1. The summed E-state index contributed by atoms with van der Waals surface area (Å²) in [6.45, 7) is 2.07. The second-order valence-corrected chi connectivity index (χ2v) is 4.87. The minimum Gasteiger partial charge on any atom is -0.391 e. The van der Waals surface area contributed by atoms with Crippen molar-refractivity contribution >= 4 is 11.7 Å². The van der Waals surface area contributed by atoms with Gasteiger partial charge in [-0.25, -0.2) is 0 Å². The molecule has 6 heteroatoms. The zero-order valence-corrected chi connectivity index (χ0v) is 11.1. The van der Waals surface area contributed by atoms with Gasteiger partial charge in [0.05, 0.1) is 18.8 Å². The summed E-state index contributed by atoms with van der Waals surface area (Å²) in [4.78, 5) is 13.6. The Labute approximate surface area is 107 Å². The summed E-state index contributed by atoms with van der Waals surface area (Å²) in [5.74, 6) is 0.809. The molecule has 0 radical (unpaired) electrons. The van der Waals surface area contributed by atoms with Crippen LogP contribution in [0.5, 0.6) is 0 Å². The number of aliphatic hydroxyl groups excluding tert-OH is 1. The predicted octanol–water partition coefficient (Wildman–Crippen LogP) is -0.0644. The van der Waals surface area contributed by atoms with Crippen LogP contribution >= 0.6 is 0 Å². The number of anilines is 1. The summed E-state index contributed by atoms with van der Waals surface area (Å²) in [5, 5.41) is 16.6. The molecule has 0 aromatic carbocycles. The normalized spacial score (nSPS) is 14.7. The maximum absolute atomic E-state index is 11.7. The molecule has 1 aliphatic rings. The molecule has 1 heterocycles. The molecule has 18 heavy (non-hydrogen) atoms. The van der Waals surface area contributed by atoms with Crippen molar-refractivity contribution in [1.82, 2.24) is 15.1 Å². The quantitative estimate of drug-likeness (QED) is 0.770. The Hall–Kier alpha value is -1.56. The van der Waals surface area contributed by atoms with Gasteiger partial charge < -0.3 is 15.3 Å². The van der Waals surface area contributed by atoms with Crippen molar-refractivity contribution in [3.63, 3.8) is 0 Å². The van der Waals surface area contributed by atoms with Crippen LogP contribution in [0, 0.1) is 6.92 Å². The zero-order chi connectivity index (χ0) is 13.3. The maximum atomic E-state index is 11.7. The number of carbonyl (C=O) groups is 1. The molecule has 0 spiro atoms. The smallest absolute Gasteiger partial charge is 0.239 e. The summed E-state index contributed by atoms with van der Waals surface area (Å²) >= 11 is 0. The molecule has 0 aliphatic heterocycles. The first-order chi connectivity index (χ1) is 8.52. The molecule has 1 saturated carbocycles. The van der Waals surface area contributed by atoms with E-state index in [2.05, 4.69) is 10.4 Å². The predicted molar refractivity (Wildman–Crippen MR) is 68.3 cm³/mol. The molecule has 2 N–H and O–H groups in total. The third kappa shape index (κ3) is 2.64. The van der Waals surface area contributed by atoms with Crippen molar-refractivity contribution in [1.29, 1.82) is 0 Å².